The van der Waals surface area contributed by atoms with Crippen LogP contribution in [-0.4, -0.2) is 20.7 Å². The van der Waals surface area contributed by atoms with Crippen molar-refractivity contribution in [3.63, 3.8) is 0 Å². The van der Waals surface area contributed by atoms with Crippen molar-refractivity contribution in [3.8, 4) is 0 Å². The highest BCUT2D eigenvalue weighted by Gasteiger charge is 2.25. The molecule has 26 heavy (non-hydrogen) atoms. The van der Waals surface area contributed by atoms with Gasteiger partial charge in [0.25, 0.3) is 5.91 Å². The first kappa shape index (κ1) is 16.5. The molecular formula is C18H15FN4O2S. The smallest absolute Gasteiger partial charge is 0.280 e. The van der Waals surface area contributed by atoms with Gasteiger partial charge in [-0.2, -0.15) is 5.10 Å². The zero-order chi connectivity index (χ0) is 18.3. The van der Waals surface area contributed by atoms with E-state index in [1.807, 2.05) is 6.92 Å². The molecular weight excluding hydrogens is 355 g/mol. The van der Waals surface area contributed by atoms with E-state index in [2.05, 4.69) is 10.1 Å². The first-order valence-electron chi connectivity index (χ1n) is 7.92. The summed E-state index contributed by atoms with van der Waals surface area (Å²) in [5.41, 5.74) is 1.83. The number of thiazole rings is 1. The Bertz CT molecular complexity index is 1060. The minimum atomic E-state index is -0.336. The van der Waals surface area contributed by atoms with E-state index in [1.165, 1.54) is 28.4 Å². The SMILES string of the molecule is Cc1cc(C(=O)N(Cc2ccco2)c2nc3ccc(F)cc3s2)nn1C. The number of fused-ring (bicyclic) bond motifs is 1. The summed E-state index contributed by atoms with van der Waals surface area (Å²) in [6.07, 6.45) is 1.55. The Morgan fingerprint density at radius 2 is 2.19 bits per heavy atom. The number of halogens is 1. The summed E-state index contributed by atoms with van der Waals surface area (Å²) in [6, 6.07) is 9.65. The number of anilines is 1. The summed E-state index contributed by atoms with van der Waals surface area (Å²) >= 11 is 1.25. The van der Waals surface area contributed by atoms with Crippen LogP contribution in [0.2, 0.25) is 0 Å². The molecule has 0 saturated carbocycles. The second-order valence-corrected chi connectivity index (χ2v) is 6.88. The molecule has 1 aromatic carbocycles. The van der Waals surface area contributed by atoms with E-state index in [9.17, 15) is 9.18 Å². The van der Waals surface area contributed by atoms with E-state index in [0.29, 0.717) is 26.8 Å². The van der Waals surface area contributed by atoms with Crippen molar-refractivity contribution in [2.45, 2.75) is 13.5 Å². The summed E-state index contributed by atoms with van der Waals surface area (Å²) in [4.78, 5) is 19.1. The average molecular weight is 370 g/mol. The maximum absolute atomic E-state index is 13.5. The zero-order valence-corrected chi connectivity index (χ0v) is 15.0. The zero-order valence-electron chi connectivity index (χ0n) is 14.1. The van der Waals surface area contributed by atoms with Gasteiger partial charge in [0.05, 0.1) is 23.0 Å². The molecule has 3 heterocycles. The minimum absolute atomic E-state index is 0.212. The maximum atomic E-state index is 13.5. The summed E-state index contributed by atoms with van der Waals surface area (Å²) in [7, 11) is 1.78. The Balaban J connectivity index is 1.77. The number of benzene rings is 1. The van der Waals surface area contributed by atoms with Gasteiger partial charge in [0.1, 0.15) is 11.6 Å². The molecule has 0 spiro atoms. The molecule has 0 fully saturated rings. The van der Waals surface area contributed by atoms with Gasteiger partial charge in [-0.25, -0.2) is 9.37 Å². The van der Waals surface area contributed by atoms with Crippen LogP contribution in [0, 0.1) is 12.7 Å². The number of aromatic nitrogens is 3. The summed E-state index contributed by atoms with van der Waals surface area (Å²) < 4.78 is 21.2. The van der Waals surface area contributed by atoms with E-state index >= 15 is 0 Å². The topological polar surface area (TPSA) is 64.2 Å². The van der Waals surface area contributed by atoms with E-state index in [4.69, 9.17) is 4.42 Å². The maximum Gasteiger partial charge on any atom is 0.280 e. The van der Waals surface area contributed by atoms with Crippen LogP contribution < -0.4 is 4.90 Å². The molecule has 0 aliphatic rings. The highest BCUT2D eigenvalue weighted by Crippen LogP contribution is 2.31. The Hall–Kier alpha value is -3.00. The second-order valence-electron chi connectivity index (χ2n) is 5.87. The summed E-state index contributed by atoms with van der Waals surface area (Å²) in [6.45, 7) is 2.09. The molecule has 0 aliphatic carbocycles. The fourth-order valence-corrected chi connectivity index (χ4v) is 3.58. The molecule has 0 N–H and O–H groups in total. The van der Waals surface area contributed by atoms with E-state index in [-0.39, 0.29) is 18.3 Å². The van der Waals surface area contributed by atoms with Crippen LogP contribution in [0.15, 0.2) is 47.1 Å². The number of furan rings is 1. The Kier molecular flexibility index (Phi) is 4.04. The fraction of sp³-hybridized carbons (Fsp3) is 0.167. The van der Waals surface area contributed by atoms with Crippen molar-refractivity contribution in [3.05, 3.63) is 65.6 Å². The van der Waals surface area contributed by atoms with Crippen LogP contribution in [0.4, 0.5) is 9.52 Å². The van der Waals surface area contributed by atoms with Gasteiger partial charge in [-0.1, -0.05) is 11.3 Å². The standard InChI is InChI=1S/C18H15FN4O2S/c1-11-8-15(21-22(11)2)17(24)23(10-13-4-3-7-25-13)18-20-14-6-5-12(19)9-16(14)26-18/h3-9H,10H2,1-2H3. The van der Waals surface area contributed by atoms with Gasteiger partial charge in [-0.15, -0.1) is 0 Å². The molecule has 132 valence electrons. The molecule has 0 unspecified atom stereocenters. The van der Waals surface area contributed by atoms with Gasteiger partial charge < -0.3 is 4.42 Å². The second kappa shape index (κ2) is 6.38. The number of nitrogens with zero attached hydrogens (tertiary/aromatic N) is 4. The average Bonchev–Trinajstić information content (AvgIpc) is 3.33. The van der Waals surface area contributed by atoms with Gasteiger partial charge in [0.2, 0.25) is 0 Å². The van der Waals surface area contributed by atoms with Crippen LogP contribution in [0.5, 0.6) is 0 Å². The fourth-order valence-electron chi connectivity index (χ4n) is 2.59. The van der Waals surface area contributed by atoms with Gasteiger partial charge in [0.15, 0.2) is 10.8 Å². The van der Waals surface area contributed by atoms with Gasteiger partial charge in [-0.05, 0) is 43.3 Å². The van der Waals surface area contributed by atoms with Gasteiger partial charge in [0, 0.05) is 12.7 Å². The molecule has 0 bridgehead atoms. The predicted octanol–water partition coefficient (Wildman–Crippen LogP) is 3.92. The van der Waals surface area contributed by atoms with Crippen molar-refractivity contribution < 1.29 is 13.6 Å². The highest BCUT2D eigenvalue weighted by molar-refractivity contribution is 7.22. The molecule has 3 aromatic heterocycles. The number of aryl methyl sites for hydroxylation is 2. The van der Waals surface area contributed by atoms with E-state index in [0.717, 1.165) is 5.69 Å². The number of hydrogen-bond acceptors (Lipinski definition) is 5. The summed E-state index contributed by atoms with van der Waals surface area (Å²) in [5, 5.41) is 4.73. The molecule has 0 aliphatic heterocycles. The van der Waals surface area contributed by atoms with Crippen molar-refractivity contribution >= 4 is 32.6 Å². The largest absolute Gasteiger partial charge is 0.467 e. The molecule has 0 atom stereocenters. The van der Waals surface area contributed by atoms with Crippen LogP contribution in [0.3, 0.4) is 0 Å². The normalized spacial score (nSPS) is 11.2. The van der Waals surface area contributed by atoms with Crippen LogP contribution in [0.25, 0.3) is 10.2 Å². The quantitative estimate of drug-likeness (QED) is 0.546. The first-order valence-corrected chi connectivity index (χ1v) is 8.74. The number of rotatable bonds is 4. The first-order chi connectivity index (χ1) is 12.5. The highest BCUT2D eigenvalue weighted by atomic mass is 32.1. The van der Waals surface area contributed by atoms with Crippen molar-refractivity contribution in [2.75, 3.05) is 4.90 Å². The van der Waals surface area contributed by atoms with Crippen LogP contribution >= 0.6 is 11.3 Å². The Labute approximate surface area is 152 Å². The van der Waals surface area contributed by atoms with Crippen LogP contribution in [0.1, 0.15) is 21.9 Å². The molecule has 1 amide bonds. The molecule has 4 rings (SSSR count). The van der Waals surface area contributed by atoms with Crippen molar-refractivity contribution in [2.24, 2.45) is 7.05 Å². The third-order valence-electron chi connectivity index (χ3n) is 4.04. The van der Waals surface area contributed by atoms with Crippen molar-refractivity contribution in [1.82, 2.24) is 14.8 Å². The third kappa shape index (κ3) is 2.99. The predicted molar refractivity (Wildman–Crippen MR) is 96.7 cm³/mol. The number of amides is 1. The summed E-state index contributed by atoms with van der Waals surface area (Å²) in [5.74, 6) is -0.00182. The van der Waals surface area contributed by atoms with E-state index in [1.54, 1.807) is 42.3 Å². The molecule has 8 heteroatoms. The van der Waals surface area contributed by atoms with Crippen LogP contribution in [-0.2, 0) is 13.6 Å². The van der Waals surface area contributed by atoms with Crippen molar-refractivity contribution in [1.29, 1.82) is 0 Å². The molecule has 4 aromatic rings. The third-order valence-corrected chi connectivity index (χ3v) is 5.08. The molecule has 0 saturated heterocycles. The lowest BCUT2D eigenvalue weighted by Crippen LogP contribution is -2.30. The Morgan fingerprint density at radius 3 is 2.88 bits per heavy atom. The number of carbonyl (C=O) groups excluding carboxylic acids is 1. The molecule has 6 nitrogen and oxygen atoms in total. The monoisotopic (exact) mass is 370 g/mol. The number of carbonyl (C=O) groups is 1. The minimum Gasteiger partial charge on any atom is -0.467 e. The lowest BCUT2D eigenvalue weighted by Gasteiger charge is -2.17. The Morgan fingerprint density at radius 1 is 1.35 bits per heavy atom. The number of hydrogen-bond donors (Lipinski definition) is 0. The lowest BCUT2D eigenvalue weighted by atomic mass is 10.3. The molecule has 0 radical (unpaired) electrons. The lowest BCUT2D eigenvalue weighted by molar-refractivity contribution is 0.0977. The van der Waals surface area contributed by atoms with Gasteiger partial charge >= 0.3 is 0 Å². The van der Waals surface area contributed by atoms with Gasteiger partial charge in [-0.3, -0.25) is 14.4 Å². The van der Waals surface area contributed by atoms with E-state index < -0.39 is 0 Å².